The molecule has 6 rings (SSSR count). The van der Waals surface area contributed by atoms with E-state index in [1.54, 1.807) is 19.1 Å². The van der Waals surface area contributed by atoms with E-state index in [0.717, 1.165) is 0 Å². The van der Waals surface area contributed by atoms with Gasteiger partial charge in [-0.15, -0.1) is 0 Å². The summed E-state index contributed by atoms with van der Waals surface area (Å²) in [5.41, 5.74) is -0.704. The minimum Gasteiger partial charge on any atom is -0.458 e. The van der Waals surface area contributed by atoms with Gasteiger partial charge in [-0.1, -0.05) is 6.92 Å². The minimum absolute atomic E-state index is 0.00232. The Labute approximate surface area is 227 Å². The molecule has 2 aromatic heterocycles. The van der Waals surface area contributed by atoms with Gasteiger partial charge >= 0.3 is 5.97 Å². The van der Waals surface area contributed by atoms with Crippen LogP contribution in [0.3, 0.4) is 0 Å². The number of fused-ring (bicyclic) bond motifs is 6. The van der Waals surface area contributed by atoms with Gasteiger partial charge in [0.25, 0.3) is 5.56 Å². The van der Waals surface area contributed by atoms with Crippen molar-refractivity contribution in [3.63, 3.8) is 0 Å². The fourth-order valence-electron chi connectivity index (χ4n) is 5.35. The van der Waals surface area contributed by atoms with Crippen molar-refractivity contribution in [3.8, 4) is 22.9 Å². The van der Waals surface area contributed by atoms with Crippen LogP contribution >= 0.6 is 0 Å². The lowest BCUT2D eigenvalue weighted by Crippen LogP contribution is -2.44. The SMILES string of the molecule is CC[C@@]1(O)C(=O)OCc2c1cc1n(c2=O)Cc2c-1nc1cc3c(c(F)c1c2CNC(=O)COC(C)(C)C)OCO3. The van der Waals surface area contributed by atoms with Crippen LogP contribution < -0.4 is 20.3 Å². The van der Waals surface area contributed by atoms with Crippen LogP contribution in [0.2, 0.25) is 0 Å². The molecule has 0 saturated heterocycles. The normalized spacial score (nSPS) is 18.8. The molecular formula is C28H28FN3O8. The van der Waals surface area contributed by atoms with E-state index in [4.69, 9.17) is 23.9 Å². The first-order chi connectivity index (χ1) is 18.9. The monoisotopic (exact) mass is 553 g/mol. The zero-order valence-electron chi connectivity index (χ0n) is 22.5. The molecule has 0 bridgehead atoms. The molecule has 40 heavy (non-hydrogen) atoms. The first-order valence-corrected chi connectivity index (χ1v) is 12.9. The Balaban J connectivity index is 1.52. The number of hydrogen-bond donors (Lipinski definition) is 2. The predicted molar refractivity (Wildman–Crippen MR) is 138 cm³/mol. The molecule has 0 spiro atoms. The Hall–Kier alpha value is -4.03. The molecule has 1 atom stereocenters. The second kappa shape index (κ2) is 9.00. The van der Waals surface area contributed by atoms with Gasteiger partial charge in [-0.3, -0.25) is 9.59 Å². The number of cyclic esters (lactones) is 1. The molecule has 0 unspecified atom stereocenters. The summed E-state index contributed by atoms with van der Waals surface area (Å²) >= 11 is 0. The van der Waals surface area contributed by atoms with E-state index in [-0.39, 0.29) is 73.0 Å². The largest absolute Gasteiger partial charge is 0.458 e. The molecule has 0 fully saturated rings. The van der Waals surface area contributed by atoms with Gasteiger partial charge in [-0.25, -0.2) is 14.2 Å². The molecule has 5 heterocycles. The number of hydrogen-bond acceptors (Lipinski definition) is 9. The van der Waals surface area contributed by atoms with Crippen molar-refractivity contribution in [2.45, 2.75) is 65.0 Å². The zero-order chi connectivity index (χ0) is 28.6. The van der Waals surface area contributed by atoms with Crippen LogP contribution in [-0.4, -0.2) is 45.5 Å². The van der Waals surface area contributed by atoms with Gasteiger partial charge < -0.3 is 33.9 Å². The van der Waals surface area contributed by atoms with E-state index in [0.29, 0.717) is 22.5 Å². The number of carbonyl (C=O) groups is 2. The summed E-state index contributed by atoms with van der Waals surface area (Å²) in [6.07, 6.45) is 0.00232. The van der Waals surface area contributed by atoms with Crippen molar-refractivity contribution in [1.29, 1.82) is 0 Å². The number of halogens is 1. The summed E-state index contributed by atoms with van der Waals surface area (Å²) in [4.78, 5) is 43.4. The van der Waals surface area contributed by atoms with Gasteiger partial charge in [0.2, 0.25) is 18.4 Å². The Morgan fingerprint density at radius 1 is 1.23 bits per heavy atom. The molecule has 1 amide bonds. The van der Waals surface area contributed by atoms with Gasteiger partial charge in [0, 0.05) is 29.1 Å². The standard InChI is InChI=1S/C28H28FN3O8/c1-5-28(36)16-6-18-23-14(9-32(18)25(34)15(16)10-37-26(28)35)13(8-30-20(33)11-40-27(2,3)4)21-17(31-23)7-19-24(22(21)29)39-12-38-19/h6-7,36H,5,8-12H2,1-4H3,(H,30,33)/t28-/m0/s1. The highest BCUT2D eigenvalue weighted by atomic mass is 19.1. The molecule has 0 saturated carbocycles. The fourth-order valence-corrected chi connectivity index (χ4v) is 5.35. The predicted octanol–water partition coefficient (Wildman–Crippen LogP) is 2.38. The van der Waals surface area contributed by atoms with Crippen LogP contribution in [0.4, 0.5) is 4.39 Å². The van der Waals surface area contributed by atoms with Crippen LogP contribution in [0.5, 0.6) is 11.5 Å². The number of esters is 1. The molecule has 210 valence electrons. The van der Waals surface area contributed by atoms with Crippen molar-refractivity contribution >= 4 is 22.8 Å². The summed E-state index contributed by atoms with van der Waals surface area (Å²) in [6.45, 7) is 6.46. The average molecular weight is 554 g/mol. The lowest BCUT2D eigenvalue weighted by molar-refractivity contribution is -0.172. The maximum atomic E-state index is 15.8. The highest BCUT2D eigenvalue weighted by molar-refractivity contribution is 5.92. The number of aromatic nitrogens is 2. The molecule has 12 heteroatoms. The number of pyridine rings is 2. The second-order valence-electron chi connectivity index (χ2n) is 11.0. The second-order valence-corrected chi connectivity index (χ2v) is 11.0. The van der Waals surface area contributed by atoms with Crippen LogP contribution in [0.25, 0.3) is 22.3 Å². The number of rotatable bonds is 5. The van der Waals surface area contributed by atoms with E-state index in [9.17, 15) is 19.5 Å². The Bertz CT molecular complexity index is 1680. The van der Waals surface area contributed by atoms with Crippen LogP contribution in [-0.2, 0) is 44.4 Å². The minimum atomic E-state index is -1.98. The summed E-state index contributed by atoms with van der Waals surface area (Å²) < 4.78 is 38.7. The maximum absolute atomic E-state index is 15.8. The zero-order valence-corrected chi connectivity index (χ0v) is 22.5. The van der Waals surface area contributed by atoms with E-state index in [1.807, 2.05) is 20.8 Å². The molecule has 11 nitrogen and oxygen atoms in total. The van der Waals surface area contributed by atoms with Gasteiger partial charge in [-0.05, 0) is 38.8 Å². The molecule has 2 N–H and O–H groups in total. The lowest BCUT2D eigenvalue weighted by atomic mass is 9.86. The van der Waals surface area contributed by atoms with Gasteiger partial charge in [0.05, 0.1) is 34.6 Å². The number of carbonyl (C=O) groups excluding carboxylic acids is 2. The summed E-state index contributed by atoms with van der Waals surface area (Å²) in [7, 11) is 0. The van der Waals surface area contributed by atoms with Crippen molar-refractivity contribution in [2.75, 3.05) is 13.4 Å². The number of nitrogens with zero attached hydrogens (tertiary/aromatic N) is 2. The van der Waals surface area contributed by atoms with Gasteiger partial charge in [-0.2, -0.15) is 0 Å². The number of amides is 1. The molecule has 3 aliphatic rings. The molecule has 1 aromatic carbocycles. The van der Waals surface area contributed by atoms with Gasteiger partial charge in [0.1, 0.15) is 13.2 Å². The third kappa shape index (κ3) is 3.93. The van der Waals surface area contributed by atoms with Crippen molar-refractivity contribution in [1.82, 2.24) is 14.9 Å². The third-order valence-electron chi connectivity index (χ3n) is 7.47. The quantitative estimate of drug-likeness (QED) is 0.357. The summed E-state index contributed by atoms with van der Waals surface area (Å²) in [5, 5.41) is 14.1. The average Bonchev–Trinajstić information content (AvgIpc) is 3.53. The fraction of sp³-hybridized carbons (Fsp3) is 0.429. The van der Waals surface area contributed by atoms with Crippen LogP contribution in [0, 0.1) is 5.82 Å². The molecule has 3 aliphatic heterocycles. The Kier molecular flexibility index (Phi) is 5.89. The van der Waals surface area contributed by atoms with Crippen molar-refractivity contribution in [3.05, 3.63) is 50.6 Å². The number of aliphatic hydroxyl groups is 1. The van der Waals surface area contributed by atoms with Crippen LogP contribution in [0.1, 0.15) is 56.4 Å². The smallest absolute Gasteiger partial charge is 0.343 e. The number of nitrogens with one attached hydrogen (secondary N) is 1. The van der Waals surface area contributed by atoms with Crippen LogP contribution in [0.15, 0.2) is 16.9 Å². The topological polar surface area (TPSA) is 138 Å². The van der Waals surface area contributed by atoms with E-state index in [1.165, 1.54) is 4.57 Å². The third-order valence-corrected chi connectivity index (χ3v) is 7.47. The highest BCUT2D eigenvalue weighted by Gasteiger charge is 2.45. The van der Waals surface area contributed by atoms with E-state index >= 15 is 4.39 Å². The first-order valence-electron chi connectivity index (χ1n) is 12.9. The van der Waals surface area contributed by atoms with Crippen molar-refractivity contribution in [2.24, 2.45) is 0 Å². The molecule has 0 aliphatic carbocycles. The first kappa shape index (κ1) is 26.2. The maximum Gasteiger partial charge on any atom is 0.343 e. The number of ether oxygens (including phenoxy) is 4. The highest BCUT2D eigenvalue weighted by Crippen LogP contribution is 2.44. The summed E-state index contributed by atoms with van der Waals surface area (Å²) in [5.74, 6) is -1.77. The van der Waals surface area contributed by atoms with E-state index < -0.39 is 34.5 Å². The van der Waals surface area contributed by atoms with Gasteiger partial charge in [0.15, 0.2) is 17.2 Å². The lowest BCUT2D eigenvalue weighted by Gasteiger charge is -2.31. The molecule has 0 radical (unpaired) electrons. The Morgan fingerprint density at radius 2 is 2.00 bits per heavy atom. The molecule has 3 aromatic rings. The number of benzene rings is 1. The van der Waals surface area contributed by atoms with Crippen molar-refractivity contribution < 1.29 is 38.0 Å². The molecular weight excluding hydrogens is 525 g/mol. The summed E-state index contributed by atoms with van der Waals surface area (Å²) in [6, 6.07) is 3.13. The van der Waals surface area contributed by atoms with E-state index in [2.05, 4.69) is 5.32 Å². The Morgan fingerprint density at radius 3 is 2.73 bits per heavy atom.